The van der Waals surface area contributed by atoms with Crippen LogP contribution in [0.5, 0.6) is 0 Å². The fourth-order valence-corrected chi connectivity index (χ4v) is 4.34. The van der Waals surface area contributed by atoms with Crippen molar-refractivity contribution in [2.45, 2.75) is 19.3 Å². The molecule has 1 aliphatic rings. The van der Waals surface area contributed by atoms with Crippen LogP contribution < -0.4 is 5.32 Å². The predicted octanol–water partition coefficient (Wildman–Crippen LogP) is 3.99. The Hall–Kier alpha value is -1.92. The Morgan fingerprint density at radius 3 is 2.76 bits per heavy atom. The zero-order valence-electron chi connectivity index (χ0n) is 13.9. The average Bonchev–Trinajstić information content (AvgIpc) is 2.99. The first kappa shape index (κ1) is 17.9. The molecule has 0 spiro atoms. The van der Waals surface area contributed by atoms with Gasteiger partial charge in [-0.3, -0.25) is 9.59 Å². The summed E-state index contributed by atoms with van der Waals surface area (Å²) in [6.45, 7) is 0. The van der Waals surface area contributed by atoms with E-state index in [0.29, 0.717) is 23.4 Å². The van der Waals surface area contributed by atoms with E-state index in [1.54, 1.807) is 19.0 Å². The Kier molecular flexibility index (Phi) is 5.11. The first-order valence-corrected chi connectivity index (χ1v) is 9.13. The molecule has 4 nitrogen and oxygen atoms in total. The normalized spacial score (nSPS) is 16.2. The van der Waals surface area contributed by atoms with Gasteiger partial charge in [-0.25, -0.2) is 4.39 Å². The van der Waals surface area contributed by atoms with E-state index in [1.807, 2.05) is 6.07 Å². The zero-order chi connectivity index (χ0) is 18.1. The monoisotopic (exact) mass is 380 g/mol. The van der Waals surface area contributed by atoms with Crippen molar-refractivity contribution in [1.82, 2.24) is 4.90 Å². The highest BCUT2D eigenvalue weighted by atomic mass is 35.5. The fraction of sp³-hybridized carbons (Fsp3) is 0.333. The SMILES string of the molecule is CN(C)C(=O)c1cc2c(s1)CC[C@@H](C(=O)Nc1ccc(F)cc1Cl)C2. The maximum Gasteiger partial charge on any atom is 0.263 e. The number of anilines is 1. The molecule has 0 saturated carbocycles. The molecule has 1 N–H and O–H groups in total. The summed E-state index contributed by atoms with van der Waals surface area (Å²) < 4.78 is 13.1. The lowest BCUT2D eigenvalue weighted by Gasteiger charge is -2.21. The van der Waals surface area contributed by atoms with Crippen LogP contribution in [0.15, 0.2) is 24.3 Å². The summed E-state index contributed by atoms with van der Waals surface area (Å²) in [5.74, 6) is -0.781. The Morgan fingerprint density at radius 2 is 2.08 bits per heavy atom. The predicted molar refractivity (Wildman–Crippen MR) is 97.9 cm³/mol. The second-order valence-electron chi connectivity index (χ2n) is 6.31. The smallest absolute Gasteiger partial charge is 0.263 e. The number of halogens is 2. The van der Waals surface area contributed by atoms with Gasteiger partial charge < -0.3 is 10.2 Å². The summed E-state index contributed by atoms with van der Waals surface area (Å²) in [7, 11) is 3.45. The van der Waals surface area contributed by atoms with E-state index < -0.39 is 5.82 Å². The second kappa shape index (κ2) is 7.14. The molecule has 3 rings (SSSR count). The van der Waals surface area contributed by atoms with Crippen LogP contribution in [-0.4, -0.2) is 30.8 Å². The number of hydrogen-bond donors (Lipinski definition) is 1. The number of nitrogens with one attached hydrogen (secondary N) is 1. The van der Waals surface area contributed by atoms with Crippen molar-refractivity contribution in [1.29, 1.82) is 0 Å². The van der Waals surface area contributed by atoms with Crippen molar-refractivity contribution in [3.8, 4) is 0 Å². The van der Waals surface area contributed by atoms with Gasteiger partial charge in [0.1, 0.15) is 5.82 Å². The molecule has 0 bridgehead atoms. The van der Waals surface area contributed by atoms with Gasteiger partial charge in [-0.15, -0.1) is 11.3 Å². The highest BCUT2D eigenvalue weighted by Crippen LogP contribution is 2.34. The topological polar surface area (TPSA) is 49.4 Å². The van der Waals surface area contributed by atoms with E-state index in [1.165, 1.54) is 34.4 Å². The second-order valence-corrected chi connectivity index (χ2v) is 7.86. The van der Waals surface area contributed by atoms with Crippen LogP contribution in [0, 0.1) is 11.7 Å². The van der Waals surface area contributed by atoms with Gasteiger partial charge in [0, 0.05) is 24.9 Å². The van der Waals surface area contributed by atoms with Crippen molar-refractivity contribution in [2.75, 3.05) is 19.4 Å². The molecular formula is C18H18ClFN2O2S. The van der Waals surface area contributed by atoms with Crippen LogP contribution in [0.2, 0.25) is 5.02 Å². The number of hydrogen-bond acceptors (Lipinski definition) is 3. The van der Waals surface area contributed by atoms with Crippen molar-refractivity contribution >= 4 is 40.4 Å². The molecule has 0 saturated heterocycles. The van der Waals surface area contributed by atoms with Gasteiger partial charge >= 0.3 is 0 Å². The van der Waals surface area contributed by atoms with Gasteiger partial charge in [0.2, 0.25) is 5.91 Å². The lowest BCUT2D eigenvalue weighted by molar-refractivity contribution is -0.120. The van der Waals surface area contributed by atoms with Gasteiger partial charge in [0.25, 0.3) is 5.91 Å². The first-order chi connectivity index (χ1) is 11.8. The van der Waals surface area contributed by atoms with Crippen LogP contribution >= 0.6 is 22.9 Å². The number of nitrogens with zero attached hydrogens (tertiary/aromatic N) is 1. The van der Waals surface area contributed by atoms with Gasteiger partial charge in [0.15, 0.2) is 0 Å². The van der Waals surface area contributed by atoms with E-state index in [0.717, 1.165) is 12.0 Å². The molecule has 25 heavy (non-hydrogen) atoms. The Bertz CT molecular complexity index is 834. The van der Waals surface area contributed by atoms with Crippen LogP contribution in [0.4, 0.5) is 10.1 Å². The molecule has 7 heteroatoms. The van der Waals surface area contributed by atoms with Gasteiger partial charge in [0.05, 0.1) is 15.6 Å². The van der Waals surface area contributed by atoms with Crippen LogP contribution in [0.25, 0.3) is 0 Å². The molecule has 2 amide bonds. The first-order valence-electron chi connectivity index (χ1n) is 7.94. The summed E-state index contributed by atoms with van der Waals surface area (Å²) in [5.41, 5.74) is 1.47. The largest absolute Gasteiger partial charge is 0.344 e. The van der Waals surface area contributed by atoms with Gasteiger partial charge in [-0.2, -0.15) is 0 Å². The molecule has 0 radical (unpaired) electrons. The van der Waals surface area contributed by atoms with E-state index >= 15 is 0 Å². The van der Waals surface area contributed by atoms with E-state index in [9.17, 15) is 14.0 Å². The van der Waals surface area contributed by atoms with E-state index in [4.69, 9.17) is 11.6 Å². The molecule has 1 aromatic carbocycles. The maximum absolute atomic E-state index is 13.1. The standard InChI is InChI=1S/C18H18ClFN2O2S/c1-22(2)18(24)16-8-11-7-10(3-6-15(11)25-16)17(23)21-14-5-4-12(20)9-13(14)19/h4-5,8-10H,3,6-7H2,1-2H3,(H,21,23)/t10-/m1/s1. The van der Waals surface area contributed by atoms with E-state index in [2.05, 4.69) is 5.32 Å². The number of carbonyl (C=O) groups excluding carboxylic acids is 2. The summed E-state index contributed by atoms with van der Waals surface area (Å²) in [6.07, 6.45) is 2.08. The summed E-state index contributed by atoms with van der Waals surface area (Å²) in [4.78, 5) is 28.1. The molecule has 132 valence electrons. The van der Waals surface area contributed by atoms with Crippen LogP contribution in [0.1, 0.15) is 26.5 Å². The highest BCUT2D eigenvalue weighted by Gasteiger charge is 2.28. The van der Waals surface area contributed by atoms with Crippen LogP contribution in [-0.2, 0) is 17.6 Å². The minimum Gasteiger partial charge on any atom is -0.344 e. The number of amides is 2. The van der Waals surface area contributed by atoms with Crippen molar-refractivity contribution in [3.63, 3.8) is 0 Å². The van der Waals surface area contributed by atoms with Gasteiger partial charge in [-0.1, -0.05) is 11.6 Å². The number of rotatable bonds is 3. The Morgan fingerprint density at radius 1 is 1.32 bits per heavy atom. The van der Waals surface area contributed by atoms with Gasteiger partial charge in [-0.05, 0) is 49.1 Å². The lowest BCUT2D eigenvalue weighted by Crippen LogP contribution is -2.27. The lowest BCUT2D eigenvalue weighted by atomic mass is 9.87. The van der Waals surface area contributed by atoms with Crippen molar-refractivity contribution in [3.05, 3.63) is 50.4 Å². The molecular weight excluding hydrogens is 363 g/mol. The molecule has 2 aromatic rings. The summed E-state index contributed by atoms with van der Waals surface area (Å²) in [6, 6.07) is 5.79. The molecule has 1 aromatic heterocycles. The zero-order valence-corrected chi connectivity index (χ0v) is 15.5. The Labute approximate surface area is 154 Å². The fourth-order valence-electron chi connectivity index (χ4n) is 2.90. The third-order valence-corrected chi connectivity index (χ3v) is 5.80. The van der Waals surface area contributed by atoms with Crippen molar-refractivity contribution < 1.29 is 14.0 Å². The van der Waals surface area contributed by atoms with Crippen LogP contribution in [0.3, 0.4) is 0 Å². The Balaban J connectivity index is 1.71. The van der Waals surface area contributed by atoms with E-state index in [-0.39, 0.29) is 22.8 Å². The molecule has 1 atom stereocenters. The summed E-state index contributed by atoms with van der Waals surface area (Å²) >= 11 is 7.47. The minimum absolute atomic E-state index is 0.0153. The number of carbonyl (C=O) groups is 2. The number of fused-ring (bicyclic) bond motifs is 1. The molecule has 0 fully saturated rings. The summed E-state index contributed by atoms with van der Waals surface area (Å²) in [5, 5.41) is 2.96. The molecule has 0 unspecified atom stereocenters. The number of aryl methyl sites for hydroxylation is 1. The molecule has 1 aliphatic carbocycles. The number of benzene rings is 1. The quantitative estimate of drug-likeness (QED) is 0.875. The third-order valence-electron chi connectivity index (χ3n) is 4.26. The number of thiophene rings is 1. The third kappa shape index (κ3) is 3.85. The minimum atomic E-state index is -0.443. The maximum atomic E-state index is 13.1. The average molecular weight is 381 g/mol. The molecule has 0 aliphatic heterocycles. The highest BCUT2D eigenvalue weighted by molar-refractivity contribution is 7.14. The van der Waals surface area contributed by atoms with Crippen molar-refractivity contribution in [2.24, 2.45) is 5.92 Å². The molecule has 1 heterocycles.